The Morgan fingerprint density at radius 3 is 2.23 bits per heavy atom. The average molecular weight is 358 g/mol. The molecule has 0 aliphatic heterocycles. The van der Waals surface area contributed by atoms with Crippen molar-refractivity contribution in [1.29, 1.82) is 0 Å². The molecule has 3 nitrogen and oxygen atoms in total. The molecule has 0 spiro atoms. The molecule has 1 rings (SSSR count). The highest BCUT2D eigenvalue weighted by Crippen LogP contribution is 2.34. The number of hydrogen-bond donors (Lipinski definition) is 0. The Hall–Kier alpha value is -1.14. The van der Waals surface area contributed by atoms with Crippen molar-refractivity contribution in [3.8, 4) is 5.75 Å². The minimum atomic E-state index is -4.47. The largest absolute Gasteiger partial charge is 0.494 e. The van der Waals surface area contributed by atoms with Crippen LogP contribution < -0.4 is 4.74 Å². The smallest absolute Gasteiger partial charge is 0.406 e. The van der Waals surface area contributed by atoms with Crippen molar-refractivity contribution < 1.29 is 22.7 Å². The molecule has 8 heteroatoms. The molecule has 0 aromatic heterocycles. The van der Waals surface area contributed by atoms with Crippen molar-refractivity contribution in [1.82, 2.24) is 4.90 Å². The molecule has 1 aromatic rings. The predicted molar refractivity (Wildman–Crippen MR) is 79.9 cm³/mol. The molecule has 0 N–H and O–H groups in total. The highest BCUT2D eigenvalue weighted by Gasteiger charge is 2.33. The van der Waals surface area contributed by atoms with E-state index >= 15 is 0 Å². The summed E-state index contributed by atoms with van der Waals surface area (Å²) in [5.41, 5.74) is -0.00356. The molecular weight excluding hydrogens is 342 g/mol. The molecule has 0 heterocycles. The lowest BCUT2D eigenvalue weighted by molar-refractivity contribution is -0.140. The Balaban J connectivity index is 3.07. The number of alkyl halides is 3. The monoisotopic (exact) mass is 357 g/mol. The summed E-state index contributed by atoms with van der Waals surface area (Å²) >= 11 is 11.8. The zero-order valence-electron chi connectivity index (χ0n) is 12.1. The molecule has 124 valence electrons. The number of hydrogen-bond acceptors (Lipinski definition) is 2. The number of methoxy groups -OCH3 is 1. The first-order valence-electron chi connectivity index (χ1n) is 6.58. The lowest BCUT2D eigenvalue weighted by Gasteiger charge is -2.24. The van der Waals surface area contributed by atoms with E-state index in [1.165, 1.54) is 19.2 Å². The van der Waals surface area contributed by atoms with Crippen LogP contribution in [0, 0.1) is 0 Å². The Kier molecular flexibility index (Phi) is 6.81. The molecule has 0 fully saturated rings. The summed E-state index contributed by atoms with van der Waals surface area (Å²) in [4.78, 5) is 13.0. The van der Waals surface area contributed by atoms with Crippen molar-refractivity contribution in [3.63, 3.8) is 0 Å². The van der Waals surface area contributed by atoms with Crippen LogP contribution in [-0.2, 0) is 0 Å². The van der Waals surface area contributed by atoms with Crippen molar-refractivity contribution in [2.45, 2.75) is 25.9 Å². The number of ether oxygens (including phenoxy) is 1. The molecule has 1 amide bonds. The summed E-state index contributed by atoms with van der Waals surface area (Å²) in [6.45, 7) is 0.528. The fraction of sp³-hybridized carbons (Fsp3) is 0.500. The van der Waals surface area contributed by atoms with Gasteiger partial charge in [-0.3, -0.25) is 4.79 Å². The van der Waals surface area contributed by atoms with Gasteiger partial charge in [-0.15, -0.1) is 0 Å². The van der Waals surface area contributed by atoms with Gasteiger partial charge in [-0.25, -0.2) is 0 Å². The van der Waals surface area contributed by atoms with Crippen LogP contribution in [0.15, 0.2) is 12.1 Å². The zero-order chi connectivity index (χ0) is 16.9. The normalized spacial score (nSPS) is 11.4. The van der Waals surface area contributed by atoms with Crippen molar-refractivity contribution in [2.24, 2.45) is 0 Å². The van der Waals surface area contributed by atoms with Gasteiger partial charge < -0.3 is 9.64 Å². The fourth-order valence-corrected chi connectivity index (χ4v) is 2.52. The molecule has 0 saturated carbocycles. The number of benzene rings is 1. The third-order valence-corrected chi connectivity index (χ3v) is 3.45. The molecule has 0 saturated heterocycles. The molecule has 0 bridgehead atoms. The van der Waals surface area contributed by atoms with Crippen LogP contribution in [0.4, 0.5) is 13.2 Å². The standard InChI is InChI=1S/C14H16Cl2F3NO2/c1-3-4-5-20(8-14(17,18)19)13(21)9-6-10(15)12(22-2)11(16)7-9/h6-7H,3-5,8H2,1-2H3. The number of unbranched alkanes of at least 4 members (excludes halogenated alkanes) is 1. The van der Waals surface area contributed by atoms with Gasteiger partial charge in [0.2, 0.25) is 0 Å². The first kappa shape index (κ1) is 18.9. The number of rotatable bonds is 6. The van der Waals surface area contributed by atoms with Gasteiger partial charge in [0.05, 0.1) is 17.2 Å². The van der Waals surface area contributed by atoms with E-state index in [1.54, 1.807) is 0 Å². The minimum absolute atomic E-state index is 0.00356. The summed E-state index contributed by atoms with van der Waals surface area (Å²) in [6.07, 6.45) is -3.32. The number of nitrogens with zero attached hydrogens (tertiary/aromatic N) is 1. The van der Waals surface area contributed by atoms with E-state index in [0.29, 0.717) is 12.8 Å². The van der Waals surface area contributed by atoms with Gasteiger partial charge in [0, 0.05) is 12.1 Å². The van der Waals surface area contributed by atoms with Crippen LogP contribution in [-0.4, -0.2) is 37.2 Å². The van der Waals surface area contributed by atoms with E-state index in [-0.39, 0.29) is 27.9 Å². The number of carbonyl (C=O) groups excluding carboxylic acids is 1. The van der Waals surface area contributed by atoms with Crippen molar-refractivity contribution in [3.05, 3.63) is 27.7 Å². The van der Waals surface area contributed by atoms with Gasteiger partial charge >= 0.3 is 6.18 Å². The quantitative estimate of drug-likeness (QED) is 0.731. The Labute approximate surface area is 136 Å². The maximum atomic E-state index is 12.6. The molecule has 0 aliphatic rings. The molecule has 0 aliphatic carbocycles. The summed E-state index contributed by atoms with van der Waals surface area (Å²) in [5.74, 6) is -0.590. The minimum Gasteiger partial charge on any atom is -0.494 e. The Bertz CT molecular complexity index is 512. The van der Waals surface area contributed by atoms with E-state index in [4.69, 9.17) is 27.9 Å². The second kappa shape index (κ2) is 7.92. The van der Waals surface area contributed by atoms with Crippen molar-refractivity contribution in [2.75, 3.05) is 20.2 Å². The van der Waals surface area contributed by atoms with Crippen LogP contribution >= 0.6 is 23.2 Å². The van der Waals surface area contributed by atoms with E-state index in [2.05, 4.69) is 0 Å². The highest BCUT2D eigenvalue weighted by atomic mass is 35.5. The van der Waals surface area contributed by atoms with Gasteiger partial charge in [-0.2, -0.15) is 13.2 Å². The third-order valence-electron chi connectivity index (χ3n) is 2.89. The van der Waals surface area contributed by atoms with E-state index < -0.39 is 18.6 Å². The second-order valence-corrected chi connectivity index (χ2v) is 5.48. The van der Waals surface area contributed by atoms with Crippen LogP contribution in [0.3, 0.4) is 0 Å². The first-order valence-corrected chi connectivity index (χ1v) is 7.34. The molecule has 1 aromatic carbocycles. The highest BCUT2D eigenvalue weighted by molar-refractivity contribution is 6.37. The summed E-state index contributed by atoms with van der Waals surface area (Å²) in [5, 5.41) is 0.140. The summed E-state index contributed by atoms with van der Waals surface area (Å²) in [7, 11) is 1.35. The maximum absolute atomic E-state index is 12.6. The lowest BCUT2D eigenvalue weighted by Crippen LogP contribution is -2.39. The number of amides is 1. The zero-order valence-corrected chi connectivity index (χ0v) is 13.6. The Morgan fingerprint density at radius 2 is 1.82 bits per heavy atom. The SMILES string of the molecule is CCCCN(CC(F)(F)F)C(=O)c1cc(Cl)c(OC)c(Cl)c1. The third kappa shape index (κ3) is 5.25. The van der Waals surface area contributed by atoms with Gasteiger partial charge in [-0.05, 0) is 18.6 Å². The van der Waals surface area contributed by atoms with Gasteiger partial charge in [-0.1, -0.05) is 36.5 Å². The van der Waals surface area contributed by atoms with Crippen LogP contribution in [0.2, 0.25) is 10.0 Å². The number of halogens is 5. The molecule has 0 radical (unpaired) electrons. The van der Waals surface area contributed by atoms with Crippen LogP contribution in [0.5, 0.6) is 5.75 Å². The molecule has 0 atom stereocenters. The van der Waals surface area contributed by atoms with Crippen LogP contribution in [0.1, 0.15) is 30.1 Å². The van der Waals surface area contributed by atoms with Gasteiger partial charge in [0.15, 0.2) is 5.75 Å². The molecule has 0 unspecified atom stereocenters. The van der Waals surface area contributed by atoms with E-state index in [0.717, 1.165) is 4.90 Å². The van der Waals surface area contributed by atoms with Gasteiger partial charge in [0.25, 0.3) is 5.91 Å². The van der Waals surface area contributed by atoms with E-state index in [1.807, 2.05) is 6.92 Å². The summed E-state index contributed by atoms with van der Waals surface area (Å²) < 4.78 is 42.8. The average Bonchev–Trinajstić information content (AvgIpc) is 2.41. The Morgan fingerprint density at radius 1 is 1.27 bits per heavy atom. The fourth-order valence-electron chi connectivity index (χ4n) is 1.88. The maximum Gasteiger partial charge on any atom is 0.406 e. The van der Waals surface area contributed by atoms with Gasteiger partial charge in [0.1, 0.15) is 6.54 Å². The van der Waals surface area contributed by atoms with E-state index in [9.17, 15) is 18.0 Å². The molecular formula is C14H16Cl2F3NO2. The molecule has 22 heavy (non-hydrogen) atoms. The van der Waals surface area contributed by atoms with Crippen LogP contribution in [0.25, 0.3) is 0 Å². The number of carbonyl (C=O) groups is 1. The van der Waals surface area contributed by atoms with Crippen molar-refractivity contribution >= 4 is 29.1 Å². The topological polar surface area (TPSA) is 29.5 Å². The lowest BCUT2D eigenvalue weighted by atomic mass is 10.1. The predicted octanol–water partition coefficient (Wildman–Crippen LogP) is 4.81. The second-order valence-electron chi connectivity index (χ2n) is 4.67. The first-order chi connectivity index (χ1) is 10.2. The summed E-state index contributed by atoms with van der Waals surface area (Å²) in [6, 6.07) is 2.51.